The van der Waals surface area contributed by atoms with Crippen LogP contribution in [0.2, 0.25) is 0 Å². The summed E-state index contributed by atoms with van der Waals surface area (Å²) in [5.41, 5.74) is 3.25. The lowest BCUT2D eigenvalue weighted by molar-refractivity contribution is -0.115. The molecule has 0 aliphatic carbocycles. The summed E-state index contributed by atoms with van der Waals surface area (Å²) < 4.78 is 1.05. The third kappa shape index (κ3) is 2.11. The molecule has 1 amide bonds. The van der Waals surface area contributed by atoms with Crippen molar-refractivity contribution >= 4 is 43.5 Å². The molecule has 15 heavy (non-hydrogen) atoms. The van der Waals surface area contributed by atoms with E-state index in [-0.39, 0.29) is 5.91 Å². The summed E-state index contributed by atoms with van der Waals surface area (Å²) in [5, 5.41) is 2.84. The monoisotopic (exact) mass is 331 g/mol. The van der Waals surface area contributed by atoms with Crippen LogP contribution in [-0.2, 0) is 11.2 Å². The Morgan fingerprint density at radius 2 is 2.27 bits per heavy atom. The number of fused-ring (bicyclic) bond motifs is 1. The van der Waals surface area contributed by atoms with Crippen molar-refractivity contribution in [3.63, 3.8) is 0 Å². The number of halogens is 2. The first kappa shape index (κ1) is 11.1. The van der Waals surface area contributed by atoms with Gasteiger partial charge in [0.15, 0.2) is 0 Å². The number of carbonyl (C=O) groups excluding carboxylic acids is 1. The Morgan fingerprint density at radius 3 is 2.93 bits per heavy atom. The average Bonchev–Trinajstić information content (AvgIpc) is 2.55. The van der Waals surface area contributed by atoms with Crippen LogP contribution in [-0.4, -0.2) is 5.91 Å². The molecule has 1 heterocycles. The van der Waals surface area contributed by atoms with Gasteiger partial charge in [-0.25, -0.2) is 0 Å². The fourth-order valence-electron chi connectivity index (χ4n) is 1.73. The second kappa shape index (κ2) is 4.26. The fraction of sp³-hybridized carbons (Fsp3) is 0.364. The molecule has 0 saturated carbocycles. The molecule has 2 rings (SSSR count). The number of amides is 1. The van der Waals surface area contributed by atoms with E-state index in [9.17, 15) is 4.79 Å². The minimum Gasteiger partial charge on any atom is -0.325 e. The first-order valence-corrected chi connectivity index (χ1v) is 6.59. The molecule has 0 fully saturated rings. The highest BCUT2D eigenvalue weighted by atomic mass is 79.9. The zero-order valence-electron chi connectivity index (χ0n) is 8.31. The van der Waals surface area contributed by atoms with Crippen LogP contribution in [0, 0.1) is 0 Å². The molecule has 1 atom stereocenters. The van der Waals surface area contributed by atoms with Crippen LogP contribution in [0.1, 0.15) is 29.3 Å². The van der Waals surface area contributed by atoms with Crippen molar-refractivity contribution in [1.29, 1.82) is 0 Å². The smallest absolute Gasteiger partial charge is 0.228 e. The quantitative estimate of drug-likeness (QED) is 0.820. The van der Waals surface area contributed by atoms with Crippen LogP contribution in [0.15, 0.2) is 16.6 Å². The SMILES string of the molecule is CCC(Br)c1cc2c(cc1Br)NC(=O)C2. The van der Waals surface area contributed by atoms with Gasteiger partial charge in [0.2, 0.25) is 5.91 Å². The lowest BCUT2D eigenvalue weighted by atomic mass is 10.0. The first-order chi connectivity index (χ1) is 7.11. The zero-order chi connectivity index (χ0) is 11.0. The Labute approximate surface area is 106 Å². The highest BCUT2D eigenvalue weighted by Crippen LogP contribution is 2.37. The maximum Gasteiger partial charge on any atom is 0.228 e. The van der Waals surface area contributed by atoms with Crippen LogP contribution in [0.5, 0.6) is 0 Å². The Morgan fingerprint density at radius 1 is 1.53 bits per heavy atom. The van der Waals surface area contributed by atoms with Crippen molar-refractivity contribution in [1.82, 2.24) is 0 Å². The number of hydrogen-bond acceptors (Lipinski definition) is 1. The summed E-state index contributed by atoms with van der Waals surface area (Å²) in [7, 11) is 0. The molecule has 1 aliphatic heterocycles. The molecule has 2 nitrogen and oxygen atoms in total. The lowest BCUT2D eigenvalue weighted by Crippen LogP contribution is -2.03. The Bertz CT molecular complexity index is 417. The van der Waals surface area contributed by atoms with Crippen molar-refractivity contribution < 1.29 is 4.79 Å². The Balaban J connectivity index is 2.44. The topological polar surface area (TPSA) is 29.1 Å². The number of nitrogens with one attached hydrogen (secondary N) is 1. The van der Waals surface area contributed by atoms with Gasteiger partial charge in [-0.15, -0.1) is 0 Å². The summed E-state index contributed by atoms with van der Waals surface area (Å²) in [6.45, 7) is 2.13. The second-order valence-corrected chi connectivity index (χ2v) is 5.59. The molecule has 1 N–H and O–H groups in total. The van der Waals surface area contributed by atoms with Gasteiger partial charge in [0.05, 0.1) is 6.42 Å². The molecule has 0 saturated heterocycles. The van der Waals surface area contributed by atoms with E-state index in [1.165, 1.54) is 5.56 Å². The van der Waals surface area contributed by atoms with E-state index in [0.717, 1.165) is 22.1 Å². The van der Waals surface area contributed by atoms with Gasteiger partial charge in [0, 0.05) is 15.0 Å². The molecule has 0 bridgehead atoms. The average molecular weight is 333 g/mol. The van der Waals surface area contributed by atoms with Gasteiger partial charge in [-0.3, -0.25) is 4.79 Å². The molecule has 80 valence electrons. The predicted molar refractivity (Wildman–Crippen MR) is 68.4 cm³/mol. The van der Waals surface area contributed by atoms with Crippen LogP contribution >= 0.6 is 31.9 Å². The molecule has 1 unspecified atom stereocenters. The van der Waals surface area contributed by atoms with Crippen molar-refractivity contribution in [2.75, 3.05) is 5.32 Å². The highest BCUT2D eigenvalue weighted by Gasteiger charge is 2.20. The van der Waals surface area contributed by atoms with Crippen molar-refractivity contribution in [2.24, 2.45) is 0 Å². The third-order valence-electron chi connectivity index (χ3n) is 2.54. The van der Waals surface area contributed by atoms with Crippen LogP contribution in [0.3, 0.4) is 0 Å². The van der Waals surface area contributed by atoms with Gasteiger partial charge in [-0.2, -0.15) is 0 Å². The minimum atomic E-state index is 0.0803. The maximum atomic E-state index is 11.2. The standard InChI is InChI=1S/C11H11Br2NO/c1-2-8(12)7-3-6-4-11(15)14-10(6)5-9(7)13/h3,5,8H,2,4H2,1H3,(H,14,15). The zero-order valence-corrected chi connectivity index (χ0v) is 11.5. The van der Waals surface area contributed by atoms with E-state index in [1.54, 1.807) is 0 Å². The van der Waals surface area contributed by atoms with Crippen LogP contribution in [0.4, 0.5) is 5.69 Å². The van der Waals surface area contributed by atoms with E-state index in [1.807, 2.05) is 6.07 Å². The molecule has 0 aromatic heterocycles. The Hall–Kier alpha value is -0.350. The largest absolute Gasteiger partial charge is 0.325 e. The van der Waals surface area contributed by atoms with E-state index >= 15 is 0 Å². The normalized spacial score (nSPS) is 16.1. The van der Waals surface area contributed by atoms with Gasteiger partial charge in [-0.05, 0) is 23.6 Å². The maximum absolute atomic E-state index is 11.2. The second-order valence-electron chi connectivity index (χ2n) is 3.63. The molecule has 4 heteroatoms. The molecular formula is C11H11Br2NO. The summed E-state index contributed by atoms with van der Waals surface area (Å²) >= 11 is 7.15. The van der Waals surface area contributed by atoms with E-state index < -0.39 is 0 Å². The predicted octanol–water partition coefficient (Wildman–Crippen LogP) is 3.79. The number of anilines is 1. The third-order valence-corrected chi connectivity index (χ3v) is 4.37. The summed E-state index contributed by atoms with van der Waals surface area (Å²) in [6, 6.07) is 4.08. The van der Waals surface area contributed by atoms with E-state index in [2.05, 4.69) is 50.2 Å². The van der Waals surface area contributed by atoms with Crippen molar-refractivity contribution in [2.45, 2.75) is 24.6 Å². The lowest BCUT2D eigenvalue weighted by Gasteiger charge is -2.11. The van der Waals surface area contributed by atoms with Gasteiger partial charge in [-0.1, -0.05) is 44.8 Å². The highest BCUT2D eigenvalue weighted by molar-refractivity contribution is 9.11. The van der Waals surface area contributed by atoms with Crippen LogP contribution in [0.25, 0.3) is 0 Å². The first-order valence-electron chi connectivity index (χ1n) is 4.88. The van der Waals surface area contributed by atoms with Crippen molar-refractivity contribution in [3.8, 4) is 0 Å². The number of carbonyl (C=O) groups is 1. The number of hydrogen-bond donors (Lipinski definition) is 1. The van der Waals surface area contributed by atoms with Crippen molar-refractivity contribution in [3.05, 3.63) is 27.7 Å². The molecule has 0 spiro atoms. The summed E-state index contributed by atoms with van der Waals surface area (Å²) in [6.07, 6.45) is 1.53. The summed E-state index contributed by atoms with van der Waals surface area (Å²) in [4.78, 5) is 11.6. The fourth-order valence-corrected chi connectivity index (χ4v) is 3.03. The van der Waals surface area contributed by atoms with E-state index in [0.29, 0.717) is 11.2 Å². The van der Waals surface area contributed by atoms with Gasteiger partial charge in [0.1, 0.15) is 0 Å². The number of rotatable bonds is 2. The van der Waals surface area contributed by atoms with Gasteiger partial charge >= 0.3 is 0 Å². The summed E-state index contributed by atoms with van der Waals surface area (Å²) in [5.74, 6) is 0.0803. The van der Waals surface area contributed by atoms with Gasteiger partial charge in [0.25, 0.3) is 0 Å². The molecule has 1 aromatic rings. The van der Waals surface area contributed by atoms with Gasteiger partial charge < -0.3 is 5.32 Å². The molecule has 1 aromatic carbocycles. The van der Waals surface area contributed by atoms with Crippen LogP contribution < -0.4 is 5.32 Å². The molecular weight excluding hydrogens is 322 g/mol. The molecule has 1 aliphatic rings. The molecule has 0 radical (unpaired) electrons. The number of benzene rings is 1. The minimum absolute atomic E-state index is 0.0803. The Kier molecular flexibility index (Phi) is 3.16. The van der Waals surface area contributed by atoms with E-state index in [4.69, 9.17) is 0 Å². The number of alkyl halides is 1.